The van der Waals surface area contributed by atoms with Crippen LogP contribution >= 0.6 is 0 Å². The minimum Gasteiger partial charge on any atom is -0.384 e. The van der Waals surface area contributed by atoms with Crippen LogP contribution in [-0.2, 0) is 0 Å². The van der Waals surface area contributed by atoms with Gasteiger partial charge in [0, 0.05) is 24.2 Å². The number of rotatable bonds is 6. The lowest BCUT2D eigenvalue weighted by Gasteiger charge is -2.24. The van der Waals surface area contributed by atoms with Gasteiger partial charge in [0.05, 0.1) is 0 Å². The molecule has 0 spiro atoms. The summed E-state index contributed by atoms with van der Waals surface area (Å²) < 4.78 is 0. The molecule has 0 saturated carbocycles. The topological polar surface area (TPSA) is 55.0 Å². The second kappa shape index (κ2) is 7.07. The third-order valence-electron chi connectivity index (χ3n) is 3.35. The van der Waals surface area contributed by atoms with Crippen LogP contribution in [0.3, 0.4) is 0 Å². The van der Waals surface area contributed by atoms with E-state index in [9.17, 15) is 0 Å². The van der Waals surface area contributed by atoms with E-state index in [1.54, 1.807) is 0 Å². The van der Waals surface area contributed by atoms with E-state index in [1.165, 1.54) is 0 Å². The van der Waals surface area contributed by atoms with Crippen LogP contribution in [0.4, 0.5) is 17.3 Å². The molecule has 2 N–H and O–H groups in total. The smallest absolute Gasteiger partial charge is 0.138 e. The summed E-state index contributed by atoms with van der Waals surface area (Å²) in [6, 6.07) is 12.2. The molecule has 112 valence electrons. The number of hydrogen-bond acceptors (Lipinski definition) is 4. The SMILES string of the molecule is CCCCN(c1ccccc1)c1cc(N)nc(C(C)C)n1. The molecule has 0 aliphatic rings. The van der Waals surface area contributed by atoms with Crippen LogP contribution in [0.5, 0.6) is 0 Å². The maximum atomic E-state index is 5.96. The molecular formula is C17H24N4. The lowest BCUT2D eigenvalue weighted by molar-refractivity contribution is 0.751. The van der Waals surface area contributed by atoms with Gasteiger partial charge in [0.15, 0.2) is 0 Å². The van der Waals surface area contributed by atoms with Crippen LogP contribution in [0.2, 0.25) is 0 Å². The minimum absolute atomic E-state index is 0.260. The summed E-state index contributed by atoms with van der Waals surface area (Å²) in [4.78, 5) is 11.2. The molecule has 4 heteroatoms. The lowest BCUT2D eigenvalue weighted by Crippen LogP contribution is -2.21. The fourth-order valence-electron chi connectivity index (χ4n) is 2.17. The summed E-state index contributed by atoms with van der Waals surface area (Å²) in [6.07, 6.45) is 2.25. The Balaban J connectivity index is 2.41. The standard InChI is InChI=1S/C17H24N4/c1-4-5-11-21(14-9-7-6-8-10-14)16-12-15(18)19-17(20-16)13(2)3/h6-10,12-13H,4-5,11H2,1-3H3,(H2,18,19,20). The molecular weight excluding hydrogens is 260 g/mol. The third kappa shape index (κ3) is 3.94. The monoisotopic (exact) mass is 284 g/mol. The average Bonchev–Trinajstić information content (AvgIpc) is 2.48. The Bertz CT molecular complexity index is 566. The highest BCUT2D eigenvalue weighted by molar-refractivity contribution is 5.61. The van der Waals surface area contributed by atoms with E-state index < -0.39 is 0 Å². The first kappa shape index (κ1) is 15.3. The van der Waals surface area contributed by atoms with Crippen molar-refractivity contribution in [1.29, 1.82) is 0 Å². The molecule has 0 fully saturated rings. The summed E-state index contributed by atoms with van der Waals surface area (Å²) in [5.41, 5.74) is 7.10. The van der Waals surface area contributed by atoms with E-state index >= 15 is 0 Å². The zero-order chi connectivity index (χ0) is 15.2. The molecule has 0 bridgehead atoms. The molecule has 1 aromatic heterocycles. The maximum absolute atomic E-state index is 5.96. The van der Waals surface area contributed by atoms with E-state index in [0.29, 0.717) is 5.82 Å². The highest BCUT2D eigenvalue weighted by Gasteiger charge is 2.14. The van der Waals surface area contributed by atoms with Crippen molar-refractivity contribution < 1.29 is 0 Å². The molecule has 0 aliphatic carbocycles. The molecule has 0 radical (unpaired) electrons. The molecule has 1 aromatic carbocycles. The molecule has 4 nitrogen and oxygen atoms in total. The molecule has 1 heterocycles. The highest BCUT2D eigenvalue weighted by Crippen LogP contribution is 2.26. The van der Waals surface area contributed by atoms with E-state index in [1.807, 2.05) is 24.3 Å². The second-order valence-electron chi connectivity index (χ2n) is 5.50. The fraction of sp³-hybridized carbons (Fsp3) is 0.412. The van der Waals surface area contributed by atoms with Gasteiger partial charge in [-0.2, -0.15) is 0 Å². The Morgan fingerprint density at radius 1 is 1.14 bits per heavy atom. The number of para-hydroxylation sites is 1. The molecule has 21 heavy (non-hydrogen) atoms. The van der Waals surface area contributed by atoms with Crippen molar-refractivity contribution in [1.82, 2.24) is 9.97 Å². The Hall–Kier alpha value is -2.10. The number of unbranched alkanes of at least 4 members (excludes halogenated alkanes) is 1. The van der Waals surface area contributed by atoms with Crippen molar-refractivity contribution >= 4 is 17.3 Å². The molecule has 0 unspecified atom stereocenters. The molecule has 0 atom stereocenters. The third-order valence-corrected chi connectivity index (χ3v) is 3.35. The van der Waals surface area contributed by atoms with Gasteiger partial charge in [-0.05, 0) is 18.6 Å². The van der Waals surface area contributed by atoms with E-state index in [0.717, 1.165) is 36.7 Å². The summed E-state index contributed by atoms with van der Waals surface area (Å²) in [5.74, 6) is 2.46. The van der Waals surface area contributed by atoms with Crippen molar-refractivity contribution in [3.05, 3.63) is 42.2 Å². The van der Waals surface area contributed by atoms with Crippen LogP contribution in [0.1, 0.15) is 45.4 Å². The van der Waals surface area contributed by atoms with Gasteiger partial charge in [-0.15, -0.1) is 0 Å². The number of aromatic nitrogens is 2. The molecule has 2 rings (SSSR count). The highest BCUT2D eigenvalue weighted by atomic mass is 15.2. The largest absolute Gasteiger partial charge is 0.384 e. The number of hydrogen-bond donors (Lipinski definition) is 1. The van der Waals surface area contributed by atoms with Crippen LogP contribution < -0.4 is 10.6 Å². The van der Waals surface area contributed by atoms with Crippen LogP contribution in [-0.4, -0.2) is 16.5 Å². The summed E-state index contributed by atoms with van der Waals surface area (Å²) in [6.45, 7) is 7.28. The van der Waals surface area contributed by atoms with Gasteiger partial charge in [-0.25, -0.2) is 9.97 Å². The molecule has 0 aliphatic heterocycles. The Morgan fingerprint density at radius 2 is 1.86 bits per heavy atom. The zero-order valence-electron chi connectivity index (χ0n) is 13.1. The Morgan fingerprint density at radius 3 is 2.48 bits per heavy atom. The van der Waals surface area contributed by atoms with Crippen LogP contribution in [0.15, 0.2) is 36.4 Å². The predicted molar refractivity (Wildman–Crippen MR) is 88.9 cm³/mol. The van der Waals surface area contributed by atoms with Gasteiger partial charge >= 0.3 is 0 Å². The first-order chi connectivity index (χ1) is 10.1. The first-order valence-electron chi connectivity index (χ1n) is 7.59. The van der Waals surface area contributed by atoms with Crippen molar-refractivity contribution in [3.63, 3.8) is 0 Å². The first-order valence-corrected chi connectivity index (χ1v) is 7.59. The van der Waals surface area contributed by atoms with E-state index in [2.05, 4.69) is 42.8 Å². The van der Waals surface area contributed by atoms with Crippen molar-refractivity contribution in [2.45, 2.75) is 39.5 Å². The lowest BCUT2D eigenvalue weighted by atomic mass is 10.2. The van der Waals surface area contributed by atoms with Gasteiger partial charge in [-0.3, -0.25) is 0 Å². The molecule has 0 amide bonds. The summed E-state index contributed by atoms with van der Waals surface area (Å²) in [7, 11) is 0. The summed E-state index contributed by atoms with van der Waals surface area (Å²) in [5, 5.41) is 0. The van der Waals surface area contributed by atoms with Gasteiger partial charge in [-0.1, -0.05) is 45.4 Å². The predicted octanol–water partition coefficient (Wildman–Crippen LogP) is 4.12. The average molecular weight is 284 g/mol. The Labute approximate surface area is 127 Å². The van der Waals surface area contributed by atoms with Gasteiger partial charge in [0.1, 0.15) is 17.5 Å². The van der Waals surface area contributed by atoms with Crippen molar-refractivity contribution in [2.75, 3.05) is 17.2 Å². The normalized spacial score (nSPS) is 10.9. The van der Waals surface area contributed by atoms with Gasteiger partial charge in [0.2, 0.25) is 0 Å². The number of nitrogens with two attached hydrogens (primary N) is 1. The molecule has 0 saturated heterocycles. The van der Waals surface area contributed by atoms with Crippen LogP contribution in [0.25, 0.3) is 0 Å². The van der Waals surface area contributed by atoms with Crippen molar-refractivity contribution in [3.8, 4) is 0 Å². The van der Waals surface area contributed by atoms with Crippen LogP contribution in [0, 0.1) is 0 Å². The maximum Gasteiger partial charge on any atom is 0.138 e. The van der Waals surface area contributed by atoms with Crippen molar-refractivity contribution in [2.24, 2.45) is 0 Å². The van der Waals surface area contributed by atoms with E-state index in [-0.39, 0.29) is 5.92 Å². The number of benzene rings is 1. The fourth-order valence-corrected chi connectivity index (χ4v) is 2.17. The van der Waals surface area contributed by atoms with Gasteiger partial charge < -0.3 is 10.6 Å². The van der Waals surface area contributed by atoms with E-state index in [4.69, 9.17) is 10.7 Å². The summed E-state index contributed by atoms with van der Waals surface area (Å²) >= 11 is 0. The number of nitrogen functional groups attached to an aromatic ring is 1. The Kier molecular flexibility index (Phi) is 5.14. The minimum atomic E-state index is 0.260. The molecule has 2 aromatic rings. The number of anilines is 3. The van der Waals surface area contributed by atoms with Gasteiger partial charge in [0.25, 0.3) is 0 Å². The zero-order valence-corrected chi connectivity index (χ0v) is 13.1. The number of nitrogens with zero attached hydrogens (tertiary/aromatic N) is 3. The second-order valence-corrected chi connectivity index (χ2v) is 5.50. The quantitative estimate of drug-likeness (QED) is 0.867.